The van der Waals surface area contributed by atoms with Crippen LogP contribution in [0.15, 0.2) is 36.9 Å². The number of aromatic nitrogens is 4. The zero-order valence-corrected chi connectivity index (χ0v) is 10.1. The molecule has 5 nitrogen and oxygen atoms in total. The third kappa shape index (κ3) is 1.89. The summed E-state index contributed by atoms with van der Waals surface area (Å²) in [6, 6.07) is 7.83. The number of alkyl halides is 1. The molecule has 0 aliphatic rings. The van der Waals surface area contributed by atoms with Crippen LogP contribution in [0.3, 0.4) is 0 Å². The topological polar surface area (TPSA) is 66.5 Å². The van der Waals surface area contributed by atoms with Crippen LogP contribution in [0.1, 0.15) is 5.56 Å². The number of H-pyrrole nitrogens is 1. The number of hydrogen-bond acceptors (Lipinski definition) is 4. The smallest absolute Gasteiger partial charge is 0.182 e. The van der Waals surface area contributed by atoms with E-state index in [1.54, 1.807) is 6.33 Å². The Morgan fingerprint density at radius 2 is 2.06 bits per heavy atom. The van der Waals surface area contributed by atoms with E-state index in [2.05, 4.69) is 25.3 Å². The SMILES string of the molecule is ClCc1ccccc1Nc1ncnc2nc[nH]c12. The molecule has 3 aromatic rings. The van der Waals surface area contributed by atoms with Gasteiger partial charge in [-0.1, -0.05) is 18.2 Å². The van der Waals surface area contributed by atoms with E-state index in [-0.39, 0.29) is 0 Å². The van der Waals surface area contributed by atoms with Gasteiger partial charge in [0.25, 0.3) is 0 Å². The number of anilines is 2. The molecule has 0 unspecified atom stereocenters. The Bertz CT molecular complexity index is 679. The summed E-state index contributed by atoms with van der Waals surface area (Å²) in [4.78, 5) is 15.4. The summed E-state index contributed by atoms with van der Waals surface area (Å²) in [7, 11) is 0. The van der Waals surface area contributed by atoms with Gasteiger partial charge in [-0.15, -0.1) is 11.6 Å². The Kier molecular flexibility index (Phi) is 2.82. The minimum absolute atomic E-state index is 0.445. The highest BCUT2D eigenvalue weighted by atomic mass is 35.5. The van der Waals surface area contributed by atoms with Crippen molar-refractivity contribution < 1.29 is 0 Å². The maximum atomic E-state index is 5.90. The van der Waals surface area contributed by atoms with Crippen molar-refractivity contribution >= 4 is 34.3 Å². The number of benzene rings is 1. The number of aromatic amines is 1. The first-order valence-electron chi connectivity index (χ1n) is 5.43. The van der Waals surface area contributed by atoms with Gasteiger partial charge in [-0.05, 0) is 11.6 Å². The lowest BCUT2D eigenvalue weighted by Gasteiger charge is -2.09. The molecule has 0 bridgehead atoms. The van der Waals surface area contributed by atoms with E-state index in [0.29, 0.717) is 17.3 Å². The van der Waals surface area contributed by atoms with Crippen LogP contribution in [0.5, 0.6) is 0 Å². The summed E-state index contributed by atoms with van der Waals surface area (Å²) < 4.78 is 0. The van der Waals surface area contributed by atoms with Crippen LogP contribution in [0.2, 0.25) is 0 Å². The molecule has 0 spiro atoms. The van der Waals surface area contributed by atoms with Crippen molar-refractivity contribution in [2.45, 2.75) is 5.88 Å². The summed E-state index contributed by atoms with van der Waals surface area (Å²) in [5, 5.41) is 3.25. The zero-order chi connectivity index (χ0) is 12.4. The van der Waals surface area contributed by atoms with Gasteiger partial charge < -0.3 is 10.3 Å². The van der Waals surface area contributed by atoms with Gasteiger partial charge in [0.05, 0.1) is 6.33 Å². The summed E-state index contributed by atoms with van der Waals surface area (Å²) in [6.45, 7) is 0. The summed E-state index contributed by atoms with van der Waals surface area (Å²) in [5.74, 6) is 1.13. The van der Waals surface area contributed by atoms with E-state index < -0.39 is 0 Å². The van der Waals surface area contributed by atoms with Crippen molar-refractivity contribution in [3.63, 3.8) is 0 Å². The average Bonchev–Trinajstić information content (AvgIpc) is 2.89. The lowest BCUT2D eigenvalue weighted by Crippen LogP contribution is -1.98. The molecule has 0 aliphatic carbocycles. The number of nitrogens with zero attached hydrogens (tertiary/aromatic N) is 3. The van der Waals surface area contributed by atoms with Crippen LogP contribution in [0.25, 0.3) is 11.2 Å². The zero-order valence-electron chi connectivity index (χ0n) is 9.39. The normalized spacial score (nSPS) is 10.7. The predicted molar refractivity (Wildman–Crippen MR) is 71.0 cm³/mol. The quantitative estimate of drug-likeness (QED) is 0.710. The fourth-order valence-electron chi connectivity index (χ4n) is 1.75. The summed E-state index contributed by atoms with van der Waals surface area (Å²) >= 11 is 5.90. The Hall–Kier alpha value is -2.14. The van der Waals surface area contributed by atoms with Crippen molar-refractivity contribution in [2.75, 3.05) is 5.32 Å². The molecule has 0 radical (unpaired) electrons. The molecule has 0 aliphatic heterocycles. The predicted octanol–water partition coefficient (Wildman–Crippen LogP) is 2.84. The average molecular weight is 260 g/mol. The van der Waals surface area contributed by atoms with E-state index in [1.165, 1.54) is 6.33 Å². The second-order valence-electron chi connectivity index (χ2n) is 3.74. The number of hydrogen-bond donors (Lipinski definition) is 2. The monoisotopic (exact) mass is 259 g/mol. The highest BCUT2D eigenvalue weighted by molar-refractivity contribution is 6.17. The lowest BCUT2D eigenvalue weighted by molar-refractivity contribution is 1.19. The molecule has 2 heterocycles. The molecule has 6 heteroatoms. The lowest BCUT2D eigenvalue weighted by atomic mass is 10.2. The third-order valence-corrected chi connectivity index (χ3v) is 2.93. The van der Waals surface area contributed by atoms with Crippen LogP contribution in [-0.4, -0.2) is 19.9 Å². The van der Waals surface area contributed by atoms with Crippen LogP contribution >= 0.6 is 11.6 Å². The molecular weight excluding hydrogens is 250 g/mol. The van der Waals surface area contributed by atoms with Gasteiger partial charge in [0.15, 0.2) is 11.5 Å². The molecule has 90 valence electrons. The van der Waals surface area contributed by atoms with Crippen molar-refractivity contribution in [1.29, 1.82) is 0 Å². The van der Waals surface area contributed by atoms with Gasteiger partial charge >= 0.3 is 0 Å². The van der Waals surface area contributed by atoms with Crippen molar-refractivity contribution in [3.8, 4) is 0 Å². The maximum Gasteiger partial charge on any atom is 0.182 e. The van der Waals surface area contributed by atoms with Gasteiger partial charge in [-0.2, -0.15) is 0 Å². The molecular formula is C12H10ClN5. The van der Waals surface area contributed by atoms with E-state index in [4.69, 9.17) is 11.6 Å². The van der Waals surface area contributed by atoms with Gasteiger partial charge in [0.2, 0.25) is 0 Å². The molecule has 0 saturated carbocycles. The molecule has 2 N–H and O–H groups in total. The molecule has 0 amide bonds. The second kappa shape index (κ2) is 4.62. The molecule has 3 rings (SSSR count). The Labute approximate surface area is 108 Å². The Balaban J connectivity index is 2.04. The van der Waals surface area contributed by atoms with Gasteiger partial charge in [0.1, 0.15) is 11.8 Å². The number of halogens is 1. The third-order valence-electron chi connectivity index (χ3n) is 2.64. The number of nitrogens with one attached hydrogen (secondary N) is 2. The molecule has 0 fully saturated rings. The largest absolute Gasteiger partial charge is 0.340 e. The fraction of sp³-hybridized carbons (Fsp3) is 0.0833. The molecule has 0 saturated heterocycles. The number of para-hydroxylation sites is 1. The van der Waals surface area contributed by atoms with Crippen molar-refractivity contribution in [1.82, 2.24) is 19.9 Å². The number of fused-ring (bicyclic) bond motifs is 1. The fourth-order valence-corrected chi connectivity index (χ4v) is 1.98. The standard InChI is InChI=1S/C12H10ClN5/c13-5-8-3-1-2-4-9(8)18-12-10-11(15-6-14-10)16-7-17-12/h1-4,6-7H,5H2,(H2,14,15,16,17,18). The highest BCUT2D eigenvalue weighted by Crippen LogP contribution is 2.23. The molecule has 0 atom stereocenters. The van der Waals surface area contributed by atoms with Crippen LogP contribution in [0, 0.1) is 0 Å². The number of imidazole rings is 1. The summed E-state index contributed by atoms with van der Waals surface area (Å²) in [5.41, 5.74) is 3.37. The van der Waals surface area contributed by atoms with Crippen LogP contribution in [0.4, 0.5) is 11.5 Å². The number of rotatable bonds is 3. The van der Waals surface area contributed by atoms with Gasteiger partial charge in [-0.25, -0.2) is 15.0 Å². The van der Waals surface area contributed by atoms with Crippen molar-refractivity contribution in [3.05, 3.63) is 42.5 Å². The van der Waals surface area contributed by atoms with Crippen LogP contribution in [-0.2, 0) is 5.88 Å². The Morgan fingerprint density at radius 3 is 2.94 bits per heavy atom. The first-order valence-corrected chi connectivity index (χ1v) is 5.97. The first kappa shape index (κ1) is 11.0. The molecule has 2 aromatic heterocycles. The van der Waals surface area contributed by atoms with E-state index >= 15 is 0 Å². The second-order valence-corrected chi connectivity index (χ2v) is 4.01. The first-order chi connectivity index (χ1) is 8.88. The van der Waals surface area contributed by atoms with E-state index in [1.807, 2.05) is 24.3 Å². The molecule has 18 heavy (non-hydrogen) atoms. The van der Waals surface area contributed by atoms with E-state index in [0.717, 1.165) is 16.8 Å². The van der Waals surface area contributed by atoms with Gasteiger partial charge in [0, 0.05) is 11.6 Å². The highest BCUT2D eigenvalue weighted by Gasteiger charge is 2.07. The maximum absolute atomic E-state index is 5.90. The van der Waals surface area contributed by atoms with Crippen LogP contribution < -0.4 is 5.32 Å². The Morgan fingerprint density at radius 1 is 1.17 bits per heavy atom. The minimum atomic E-state index is 0.445. The summed E-state index contributed by atoms with van der Waals surface area (Å²) in [6.07, 6.45) is 3.08. The van der Waals surface area contributed by atoms with E-state index in [9.17, 15) is 0 Å². The van der Waals surface area contributed by atoms with Crippen molar-refractivity contribution in [2.24, 2.45) is 0 Å². The van der Waals surface area contributed by atoms with Gasteiger partial charge in [-0.3, -0.25) is 0 Å². The minimum Gasteiger partial charge on any atom is -0.340 e. The molecule has 1 aromatic carbocycles.